The third-order valence-electron chi connectivity index (χ3n) is 3.92. The highest BCUT2D eigenvalue weighted by molar-refractivity contribution is 7.15. The van der Waals surface area contributed by atoms with Crippen molar-refractivity contribution in [2.24, 2.45) is 0 Å². The molecule has 1 unspecified atom stereocenters. The molecule has 1 fully saturated rings. The van der Waals surface area contributed by atoms with Crippen molar-refractivity contribution < 1.29 is 18.8 Å². The van der Waals surface area contributed by atoms with E-state index in [1.165, 1.54) is 11.3 Å². The van der Waals surface area contributed by atoms with Crippen molar-refractivity contribution >= 4 is 22.2 Å². The molecule has 3 aromatic rings. The Morgan fingerprint density at radius 2 is 2.40 bits per heavy atom. The number of carbonyl (C=O) groups excluding carboxylic acids is 1. The molecular formula is C15H17N5O4S. The van der Waals surface area contributed by atoms with E-state index in [9.17, 15) is 4.79 Å². The van der Waals surface area contributed by atoms with Crippen LogP contribution in [0.15, 0.2) is 22.3 Å². The molecule has 0 aromatic carbocycles. The number of methoxy groups -OCH3 is 1. The predicted molar refractivity (Wildman–Crippen MR) is 87.4 cm³/mol. The second-order valence-electron chi connectivity index (χ2n) is 5.70. The normalized spacial score (nSPS) is 18.1. The van der Waals surface area contributed by atoms with Gasteiger partial charge >= 0.3 is 0 Å². The van der Waals surface area contributed by atoms with Crippen molar-refractivity contribution in [3.63, 3.8) is 0 Å². The zero-order chi connectivity index (χ0) is 17.2. The van der Waals surface area contributed by atoms with Gasteiger partial charge in [-0.15, -0.1) is 11.3 Å². The van der Waals surface area contributed by atoms with Crippen molar-refractivity contribution in [2.75, 3.05) is 26.8 Å². The number of hydrogen-bond donors (Lipinski definition) is 0. The van der Waals surface area contributed by atoms with Crippen molar-refractivity contribution in [3.8, 4) is 0 Å². The molecule has 1 aliphatic heterocycles. The number of carbonyl (C=O) groups is 1. The van der Waals surface area contributed by atoms with Crippen LogP contribution in [0.1, 0.15) is 22.2 Å². The van der Waals surface area contributed by atoms with Crippen LogP contribution in [0.2, 0.25) is 0 Å². The van der Waals surface area contributed by atoms with Crippen LogP contribution < -0.4 is 0 Å². The van der Waals surface area contributed by atoms with Gasteiger partial charge < -0.3 is 18.9 Å². The molecule has 0 bridgehead atoms. The van der Waals surface area contributed by atoms with Crippen LogP contribution in [0.25, 0.3) is 4.96 Å². The summed E-state index contributed by atoms with van der Waals surface area (Å²) in [5.41, 5.74) is 0.452. The van der Waals surface area contributed by atoms with Crippen molar-refractivity contribution in [3.05, 3.63) is 35.2 Å². The molecule has 10 heteroatoms. The van der Waals surface area contributed by atoms with Crippen LogP contribution in [0, 0.1) is 0 Å². The van der Waals surface area contributed by atoms with Gasteiger partial charge in [-0.3, -0.25) is 9.20 Å². The van der Waals surface area contributed by atoms with Gasteiger partial charge in [-0.25, -0.2) is 4.98 Å². The molecule has 0 saturated carbocycles. The fourth-order valence-corrected chi connectivity index (χ4v) is 3.48. The number of morpholine rings is 1. The Bertz CT molecular complexity index is 844. The minimum absolute atomic E-state index is 0.0881. The lowest BCUT2D eigenvalue weighted by Crippen LogP contribution is -2.46. The summed E-state index contributed by atoms with van der Waals surface area (Å²) >= 11 is 1.50. The molecule has 4 rings (SSSR count). The zero-order valence-electron chi connectivity index (χ0n) is 13.6. The van der Waals surface area contributed by atoms with Gasteiger partial charge in [0.05, 0.1) is 19.1 Å². The van der Waals surface area contributed by atoms with E-state index in [4.69, 9.17) is 14.0 Å². The van der Waals surface area contributed by atoms with E-state index in [0.717, 1.165) is 4.96 Å². The summed E-state index contributed by atoms with van der Waals surface area (Å²) in [5.74, 6) is 0.892. The predicted octanol–water partition coefficient (Wildman–Crippen LogP) is 1.01. The first kappa shape index (κ1) is 16.2. The molecule has 9 nitrogen and oxygen atoms in total. The molecule has 0 N–H and O–H groups in total. The Morgan fingerprint density at radius 3 is 3.24 bits per heavy atom. The number of imidazole rings is 1. The highest BCUT2D eigenvalue weighted by atomic mass is 32.1. The van der Waals surface area contributed by atoms with E-state index >= 15 is 0 Å². The summed E-state index contributed by atoms with van der Waals surface area (Å²) in [5, 5.41) is 5.77. The van der Waals surface area contributed by atoms with Crippen LogP contribution in [0.5, 0.6) is 0 Å². The van der Waals surface area contributed by atoms with Crippen LogP contribution in [-0.4, -0.2) is 63.2 Å². The average Bonchev–Trinajstić information content (AvgIpc) is 3.31. The van der Waals surface area contributed by atoms with E-state index in [1.54, 1.807) is 18.2 Å². The van der Waals surface area contributed by atoms with E-state index in [1.807, 2.05) is 16.0 Å². The van der Waals surface area contributed by atoms with Gasteiger partial charge in [-0.05, 0) is 0 Å². The van der Waals surface area contributed by atoms with Crippen LogP contribution >= 0.6 is 11.3 Å². The van der Waals surface area contributed by atoms with E-state index in [-0.39, 0.29) is 12.0 Å². The molecule has 1 atom stereocenters. The minimum atomic E-state index is -0.183. The quantitative estimate of drug-likeness (QED) is 0.667. The molecular weight excluding hydrogens is 346 g/mol. The van der Waals surface area contributed by atoms with Gasteiger partial charge in [-0.1, -0.05) is 5.16 Å². The Morgan fingerprint density at radius 1 is 1.48 bits per heavy atom. The summed E-state index contributed by atoms with van der Waals surface area (Å²) in [6.45, 7) is 1.78. The number of thiazole rings is 1. The minimum Gasteiger partial charge on any atom is -0.377 e. The smallest absolute Gasteiger partial charge is 0.274 e. The van der Waals surface area contributed by atoms with Gasteiger partial charge in [0.15, 0.2) is 10.8 Å². The van der Waals surface area contributed by atoms with Crippen molar-refractivity contribution in [1.82, 2.24) is 24.4 Å². The maximum atomic E-state index is 12.7. The second kappa shape index (κ2) is 6.90. The molecule has 1 saturated heterocycles. The van der Waals surface area contributed by atoms with Crippen LogP contribution in [0.3, 0.4) is 0 Å². The summed E-state index contributed by atoms with van der Waals surface area (Å²) in [7, 11) is 1.57. The maximum absolute atomic E-state index is 12.7. The molecule has 1 aliphatic rings. The Kier molecular flexibility index (Phi) is 4.47. The summed E-state index contributed by atoms with van der Waals surface area (Å²) in [6, 6.07) is 0. The molecule has 0 spiro atoms. The second-order valence-corrected chi connectivity index (χ2v) is 6.58. The first-order chi connectivity index (χ1) is 12.2. The molecule has 1 amide bonds. The number of aromatic nitrogens is 4. The summed E-state index contributed by atoms with van der Waals surface area (Å²) < 4.78 is 17.7. The van der Waals surface area contributed by atoms with Gasteiger partial charge in [0.25, 0.3) is 5.91 Å². The largest absolute Gasteiger partial charge is 0.377 e. The van der Waals surface area contributed by atoms with Crippen molar-refractivity contribution in [2.45, 2.75) is 19.1 Å². The number of rotatable bonds is 5. The standard InChI is InChI=1S/C15H17N5O4S/c1-22-9-12-17-13(24-18-12)6-10-7-19(2-4-23-10)14(21)11-8-20-3-5-25-15(20)16-11/h3,5,8,10H,2,4,6-7,9H2,1H3. The molecule has 25 heavy (non-hydrogen) atoms. The highest BCUT2D eigenvalue weighted by Gasteiger charge is 2.28. The van der Waals surface area contributed by atoms with Gasteiger partial charge in [0.2, 0.25) is 5.89 Å². The van der Waals surface area contributed by atoms with Gasteiger partial charge in [0, 0.05) is 38.0 Å². The SMILES string of the molecule is COCc1noc(CC2CN(C(=O)c3cn4ccsc4n3)CCO2)n1. The molecule has 132 valence electrons. The Balaban J connectivity index is 1.41. The lowest BCUT2D eigenvalue weighted by Gasteiger charge is -2.31. The number of fused-ring (bicyclic) bond motifs is 1. The Hall–Kier alpha value is -2.30. The fourth-order valence-electron chi connectivity index (χ4n) is 2.78. The molecule has 0 radical (unpaired) electrons. The topological polar surface area (TPSA) is 95.0 Å². The number of hydrogen-bond acceptors (Lipinski definition) is 8. The average molecular weight is 363 g/mol. The highest BCUT2D eigenvalue weighted by Crippen LogP contribution is 2.16. The molecule has 3 aromatic heterocycles. The number of nitrogens with zero attached hydrogens (tertiary/aromatic N) is 5. The Labute approximate surface area is 147 Å². The first-order valence-electron chi connectivity index (χ1n) is 7.86. The van der Waals surface area contributed by atoms with E-state index in [2.05, 4.69) is 15.1 Å². The van der Waals surface area contributed by atoms with Crippen LogP contribution in [0.4, 0.5) is 0 Å². The van der Waals surface area contributed by atoms with Gasteiger partial charge in [0.1, 0.15) is 12.3 Å². The third-order valence-corrected chi connectivity index (χ3v) is 4.69. The fraction of sp³-hybridized carbons (Fsp3) is 0.467. The zero-order valence-corrected chi connectivity index (χ0v) is 14.4. The van der Waals surface area contributed by atoms with Gasteiger partial charge in [-0.2, -0.15) is 4.98 Å². The lowest BCUT2D eigenvalue weighted by atomic mass is 10.2. The third kappa shape index (κ3) is 3.41. The van der Waals surface area contributed by atoms with E-state index < -0.39 is 0 Å². The number of amides is 1. The molecule has 0 aliphatic carbocycles. The maximum Gasteiger partial charge on any atom is 0.274 e. The van der Waals surface area contributed by atoms with E-state index in [0.29, 0.717) is 50.1 Å². The summed E-state index contributed by atoms with van der Waals surface area (Å²) in [4.78, 5) is 23.9. The monoisotopic (exact) mass is 363 g/mol. The number of ether oxygens (including phenoxy) is 2. The molecule has 4 heterocycles. The van der Waals surface area contributed by atoms with Crippen LogP contribution in [-0.2, 0) is 22.5 Å². The first-order valence-corrected chi connectivity index (χ1v) is 8.74. The lowest BCUT2D eigenvalue weighted by molar-refractivity contribution is -0.0239. The summed E-state index contributed by atoms with van der Waals surface area (Å²) in [6.07, 6.45) is 3.92. The van der Waals surface area contributed by atoms with Crippen molar-refractivity contribution in [1.29, 1.82) is 0 Å².